The highest BCUT2D eigenvalue weighted by atomic mass is 16.4. The van der Waals surface area contributed by atoms with E-state index in [1.165, 1.54) is 4.90 Å². The molecule has 1 atom stereocenters. The van der Waals surface area contributed by atoms with Gasteiger partial charge < -0.3 is 14.4 Å². The first kappa shape index (κ1) is 14.1. The lowest BCUT2D eigenvalue weighted by Gasteiger charge is -2.17. The van der Waals surface area contributed by atoms with Gasteiger partial charge in [0.15, 0.2) is 5.76 Å². The fourth-order valence-electron chi connectivity index (χ4n) is 2.07. The number of furan rings is 1. The van der Waals surface area contributed by atoms with Gasteiger partial charge >= 0.3 is 5.97 Å². The van der Waals surface area contributed by atoms with E-state index in [1.54, 1.807) is 20.0 Å². The van der Waals surface area contributed by atoms with Crippen LogP contribution in [0.3, 0.4) is 0 Å². The second-order valence-corrected chi connectivity index (χ2v) is 5.03. The SMILES string of the molecule is Cc1cccc2cc(C(=O)N(C)CC(C)C(=O)O)oc12. The summed E-state index contributed by atoms with van der Waals surface area (Å²) in [6, 6.07) is 7.38. The predicted octanol–water partition coefficient (Wildman–Crippen LogP) is 2.53. The lowest BCUT2D eigenvalue weighted by molar-refractivity contribution is -0.141. The van der Waals surface area contributed by atoms with Gasteiger partial charge in [0.1, 0.15) is 5.58 Å². The Labute approximate surface area is 116 Å². The van der Waals surface area contributed by atoms with Gasteiger partial charge in [-0.2, -0.15) is 0 Å². The largest absolute Gasteiger partial charge is 0.481 e. The van der Waals surface area contributed by atoms with Crippen LogP contribution < -0.4 is 0 Å². The summed E-state index contributed by atoms with van der Waals surface area (Å²) in [4.78, 5) is 24.4. The Bertz CT molecular complexity index is 659. The van der Waals surface area contributed by atoms with E-state index in [0.717, 1.165) is 10.9 Å². The number of carboxylic acid groups (broad SMARTS) is 1. The molecule has 0 radical (unpaired) electrons. The molecule has 5 heteroatoms. The van der Waals surface area contributed by atoms with Gasteiger partial charge in [-0.05, 0) is 18.6 Å². The molecule has 0 saturated heterocycles. The lowest BCUT2D eigenvalue weighted by atomic mass is 10.1. The summed E-state index contributed by atoms with van der Waals surface area (Å²) in [5.41, 5.74) is 1.65. The summed E-state index contributed by atoms with van der Waals surface area (Å²) in [6.45, 7) is 3.62. The van der Waals surface area contributed by atoms with E-state index in [1.807, 2.05) is 25.1 Å². The maximum absolute atomic E-state index is 12.2. The highest BCUT2D eigenvalue weighted by molar-refractivity contribution is 5.96. The minimum Gasteiger partial charge on any atom is -0.481 e. The van der Waals surface area contributed by atoms with Crippen molar-refractivity contribution in [3.05, 3.63) is 35.6 Å². The Morgan fingerprint density at radius 2 is 2.10 bits per heavy atom. The minimum absolute atomic E-state index is 0.143. The van der Waals surface area contributed by atoms with Crippen molar-refractivity contribution in [1.29, 1.82) is 0 Å². The van der Waals surface area contributed by atoms with Gasteiger partial charge in [0.05, 0.1) is 5.92 Å². The summed E-state index contributed by atoms with van der Waals surface area (Å²) >= 11 is 0. The van der Waals surface area contributed by atoms with Gasteiger partial charge in [-0.15, -0.1) is 0 Å². The van der Waals surface area contributed by atoms with E-state index in [0.29, 0.717) is 5.58 Å². The Hall–Kier alpha value is -2.30. The molecule has 0 aliphatic heterocycles. The number of nitrogens with zero attached hydrogens (tertiary/aromatic N) is 1. The third kappa shape index (κ3) is 2.66. The number of rotatable bonds is 4. The molecule has 2 rings (SSSR count). The first-order chi connectivity index (χ1) is 9.40. The highest BCUT2D eigenvalue weighted by Gasteiger charge is 2.21. The van der Waals surface area contributed by atoms with Crippen LogP contribution in [-0.4, -0.2) is 35.5 Å². The summed E-state index contributed by atoms with van der Waals surface area (Å²) in [5.74, 6) is -1.62. The van der Waals surface area contributed by atoms with E-state index in [2.05, 4.69) is 0 Å². The highest BCUT2D eigenvalue weighted by Crippen LogP contribution is 2.23. The molecule has 1 aromatic heterocycles. The minimum atomic E-state index is -0.926. The topological polar surface area (TPSA) is 70.8 Å². The summed E-state index contributed by atoms with van der Waals surface area (Å²) < 4.78 is 5.59. The van der Waals surface area contributed by atoms with Crippen molar-refractivity contribution < 1.29 is 19.1 Å². The van der Waals surface area contributed by atoms with Crippen LogP contribution in [0.2, 0.25) is 0 Å². The molecular formula is C15H17NO4. The Balaban J connectivity index is 2.23. The number of fused-ring (bicyclic) bond motifs is 1. The molecule has 1 amide bonds. The fourth-order valence-corrected chi connectivity index (χ4v) is 2.07. The van der Waals surface area contributed by atoms with Gasteiger partial charge in [0.2, 0.25) is 0 Å². The molecule has 106 valence electrons. The van der Waals surface area contributed by atoms with Crippen LogP contribution >= 0.6 is 0 Å². The average Bonchev–Trinajstić information content (AvgIpc) is 2.83. The number of aliphatic carboxylic acids is 1. The van der Waals surface area contributed by atoms with Gasteiger partial charge in [-0.25, -0.2) is 0 Å². The smallest absolute Gasteiger partial charge is 0.308 e. The number of benzene rings is 1. The van der Waals surface area contributed by atoms with Crippen LogP contribution in [0, 0.1) is 12.8 Å². The van der Waals surface area contributed by atoms with Crippen LogP contribution in [0.1, 0.15) is 23.0 Å². The van der Waals surface area contributed by atoms with Crippen molar-refractivity contribution in [2.45, 2.75) is 13.8 Å². The first-order valence-electron chi connectivity index (χ1n) is 6.37. The molecule has 20 heavy (non-hydrogen) atoms. The number of hydrogen-bond donors (Lipinski definition) is 1. The fraction of sp³-hybridized carbons (Fsp3) is 0.333. The van der Waals surface area contributed by atoms with Gasteiger partial charge in [0.25, 0.3) is 5.91 Å². The average molecular weight is 275 g/mol. The van der Waals surface area contributed by atoms with Crippen molar-refractivity contribution in [3.8, 4) is 0 Å². The number of aryl methyl sites for hydroxylation is 1. The quantitative estimate of drug-likeness (QED) is 0.930. The van der Waals surface area contributed by atoms with Crippen LogP contribution in [-0.2, 0) is 4.79 Å². The van der Waals surface area contributed by atoms with Crippen LogP contribution in [0.4, 0.5) is 0 Å². The summed E-state index contributed by atoms with van der Waals surface area (Å²) in [7, 11) is 1.57. The molecule has 0 aliphatic rings. The van der Waals surface area contributed by atoms with Crippen molar-refractivity contribution in [3.63, 3.8) is 0 Å². The number of carbonyl (C=O) groups excluding carboxylic acids is 1. The third-order valence-electron chi connectivity index (χ3n) is 3.27. The molecule has 0 saturated carbocycles. The maximum Gasteiger partial charge on any atom is 0.308 e. The van der Waals surface area contributed by atoms with Crippen LogP contribution in [0.25, 0.3) is 11.0 Å². The number of hydrogen-bond acceptors (Lipinski definition) is 3. The molecule has 1 heterocycles. The zero-order valence-electron chi connectivity index (χ0n) is 11.7. The lowest BCUT2D eigenvalue weighted by Crippen LogP contribution is -2.33. The number of para-hydroxylation sites is 1. The monoisotopic (exact) mass is 275 g/mol. The maximum atomic E-state index is 12.2. The Morgan fingerprint density at radius 1 is 1.40 bits per heavy atom. The molecule has 0 spiro atoms. The van der Waals surface area contributed by atoms with Gasteiger partial charge in [0, 0.05) is 19.0 Å². The molecule has 0 fully saturated rings. The molecule has 0 bridgehead atoms. The predicted molar refractivity (Wildman–Crippen MR) is 74.7 cm³/mol. The van der Waals surface area contributed by atoms with Crippen LogP contribution in [0.5, 0.6) is 0 Å². The Kier molecular flexibility index (Phi) is 3.79. The van der Waals surface area contributed by atoms with E-state index >= 15 is 0 Å². The number of carbonyl (C=O) groups is 2. The van der Waals surface area contributed by atoms with Crippen molar-refractivity contribution >= 4 is 22.8 Å². The zero-order chi connectivity index (χ0) is 14.9. The van der Waals surface area contributed by atoms with Crippen molar-refractivity contribution in [2.24, 2.45) is 5.92 Å². The second kappa shape index (κ2) is 5.36. The van der Waals surface area contributed by atoms with E-state index in [-0.39, 0.29) is 18.2 Å². The molecule has 1 aromatic carbocycles. The Morgan fingerprint density at radius 3 is 2.70 bits per heavy atom. The number of amides is 1. The number of carboxylic acids is 1. The first-order valence-corrected chi connectivity index (χ1v) is 6.37. The molecule has 0 aliphatic carbocycles. The van der Waals surface area contributed by atoms with Gasteiger partial charge in [-0.1, -0.05) is 25.1 Å². The third-order valence-corrected chi connectivity index (χ3v) is 3.27. The standard InChI is InChI=1S/C15H17NO4/c1-9-5-4-6-11-7-12(20-13(9)11)14(17)16(3)8-10(2)15(18)19/h4-7,10H,8H2,1-3H3,(H,18,19). The van der Waals surface area contributed by atoms with E-state index in [9.17, 15) is 9.59 Å². The van der Waals surface area contributed by atoms with E-state index in [4.69, 9.17) is 9.52 Å². The summed E-state index contributed by atoms with van der Waals surface area (Å²) in [5, 5.41) is 9.74. The molecular weight excluding hydrogens is 258 g/mol. The molecule has 1 unspecified atom stereocenters. The van der Waals surface area contributed by atoms with E-state index < -0.39 is 11.9 Å². The molecule has 5 nitrogen and oxygen atoms in total. The van der Waals surface area contributed by atoms with Crippen molar-refractivity contribution in [1.82, 2.24) is 4.90 Å². The van der Waals surface area contributed by atoms with Gasteiger partial charge in [-0.3, -0.25) is 9.59 Å². The second-order valence-electron chi connectivity index (χ2n) is 5.03. The van der Waals surface area contributed by atoms with Crippen molar-refractivity contribution in [2.75, 3.05) is 13.6 Å². The zero-order valence-corrected chi connectivity index (χ0v) is 11.7. The van der Waals surface area contributed by atoms with Crippen LogP contribution in [0.15, 0.2) is 28.7 Å². The normalized spacial score (nSPS) is 12.3. The molecule has 1 N–H and O–H groups in total. The summed E-state index contributed by atoms with van der Waals surface area (Å²) in [6.07, 6.45) is 0. The molecule has 2 aromatic rings.